The Morgan fingerprint density at radius 3 is 2.00 bits per heavy atom. The topological polar surface area (TPSA) is 19.1 Å². The molecule has 9 aromatic rings. The Labute approximate surface area is 320 Å². The SMILES string of the molecule is [2H]C([2H])([2H])c1ccc(-c2cccc(-n3c4ccccc4c4c5ccccc5n(-c5ccccc5)c43)c2)c(C([2H])([2H])[2H])c1-c1cccc2c1Oc1ccccc1C2(C([2H])([2H])[2H])C([2H])([2H])[2H]. The number of hydrogen-bond donors (Lipinski definition) is 0. The molecule has 1 aliphatic rings. The number of aryl methyl sites for hydroxylation is 1. The summed E-state index contributed by atoms with van der Waals surface area (Å²) in [5.74, 6) is -0.298. The first-order valence-electron chi connectivity index (χ1n) is 23.1. The molecule has 0 fully saturated rings. The third kappa shape index (κ3) is 4.32. The highest BCUT2D eigenvalue weighted by molar-refractivity contribution is 6.22. The predicted molar refractivity (Wildman–Crippen MR) is 217 cm³/mol. The summed E-state index contributed by atoms with van der Waals surface area (Å²) >= 11 is 0. The van der Waals surface area contributed by atoms with Crippen LogP contribution in [0.1, 0.15) is 52.4 Å². The molecule has 0 N–H and O–H groups in total. The van der Waals surface area contributed by atoms with Crippen molar-refractivity contribution in [3.05, 3.63) is 180 Å². The summed E-state index contributed by atoms with van der Waals surface area (Å²) in [7, 11) is 0. The maximum Gasteiger partial charge on any atom is 0.139 e. The van der Waals surface area contributed by atoms with Crippen LogP contribution in [0.5, 0.6) is 11.5 Å². The first kappa shape index (κ1) is 20.5. The van der Waals surface area contributed by atoms with E-state index in [4.69, 9.17) is 21.2 Å². The number of fused-ring (bicyclic) bond motifs is 7. The van der Waals surface area contributed by atoms with Gasteiger partial charge in [0.05, 0.1) is 11.0 Å². The lowest BCUT2D eigenvalue weighted by atomic mass is 9.74. The molecule has 0 radical (unpaired) electrons. The summed E-state index contributed by atoms with van der Waals surface area (Å²) in [5, 5.41) is 3.11. The fourth-order valence-corrected chi connectivity index (χ4v) is 7.99. The standard InChI is InChI=1S/C49H38N2O/c1-31-28-29-36(32(2)45(31)39-22-15-24-41-47(39)52-44-27-13-10-23-40(44)49(41,3)4)33-16-14-19-35(30-33)51-43-26-12-9-21-38(43)46-37-20-8-11-25-42(37)50(48(46)51)34-17-6-5-7-18-34/h5-30H,1-4H3/i1D3,2D3,3D3,4D3. The zero-order valence-corrected chi connectivity index (χ0v) is 27.8. The van der Waals surface area contributed by atoms with Gasteiger partial charge in [0.15, 0.2) is 0 Å². The van der Waals surface area contributed by atoms with Gasteiger partial charge in [0.1, 0.15) is 17.1 Å². The molecule has 3 heterocycles. The molecule has 0 saturated carbocycles. The number of ether oxygens (including phenoxy) is 1. The number of benzene rings is 7. The molecule has 250 valence electrons. The Balaban J connectivity index is 1.28. The molecule has 0 atom stereocenters. The van der Waals surface area contributed by atoms with E-state index in [0.29, 0.717) is 11.3 Å². The van der Waals surface area contributed by atoms with Crippen LogP contribution in [0.2, 0.25) is 0 Å². The van der Waals surface area contributed by atoms with Gasteiger partial charge in [-0.25, -0.2) is 0 Å². The molecule has 0 spiro atoms. The summed E-state index contributed by atoms with van der Waals surface area (Å²) in [4.78, 5) is 0. The number of aromatic nitrogens is 2. The van der Waals surface area contributed by atoms with E-state index in [1.54, 1.807) is 12.1 Å². The van der Waals surface area contributed by atoms with E-state index in [0.717, 1.165) is 38.5 Å². The average molecular weight is 683 g/mol. The highest BCUT2D eigenvalue weighted by Crippen LogP contribution is 2.52. The fraction of sp³-hybridized carbons (Fsp3) is 0.102. The van der Waals surface area contributed by atoms with Gasteiger partial charge >= 0.3 is 0 Å². The van der Waals surface area contributed by atoms with E-state index in [-0.39, 0.29) is 50.4 Å². The van der Waals surface area contributed by atoms with Gasteiger partial charge in [0, 0.05) is 66.1 Å². The smallest absolute Gasteiger partial charge is 0.139 e. The van der Waals surface area contributed by atoms with Crippen molar-refractivity contribution in [1.82, 2.24) is 9.13 Å². The summed E-state index contributed by atoms with van der Waals surface area (Å²) in [6.07, 6.45) is 0. The van der Waals surface area contributed by atoms with E-state index >= 15 is 0 Å². The Bertz CT molecular complexity index is 3300. The van der Waals surface area contributed by atoms with Crippen LogP contribution < -0.4 is 4.74 Å². The van der Waals surface area contributed by atoms with E-state index in [1.807, 2.05) is 78.9 Å². The molecular formula is C49H38N2O. The molecule has 3 nitrogen and oxygen atoms in total. The van der Waals surface area contributed by atoms with Gasteiger partial charge in [-0.3, -0.25) is 9.13 Å². The van der Waals surface area contributed by atoms with Gasteiger partial charge < -0.3 is 4.74 Å². The van der Waals surface area contributed by atoms with E-state index in [1.165, 1.54) is 48.5 Å². The molecular weight excluding hydrogens is 633 g/mol. The van der Waals surface area contributed by atoms with Crippen LogP contribution in [0.3, 0.4) is 0 Å². The minimum Gasteiger partial charge on any atom is -0.456 e. The lowest BCUT2D eigenvalue weighted by Gasteiger charge is -2.35. The zero-order chi connectivity index (χ0) is 45.1. The molecule has 2 aromatic heterocycles. The minimum atomic E-state index is -3.17. The van der Waals surface area contributed by atoms with Crippen molar-refractivity contribution in [2.24, 2.45) is 0 Å². The average Bonchev–Trinajstić information content (AvgIpc) is 3.76. The van der Waals surface area contributed by atoms with Gasteiger partial charge in [-0.1, -0.05) is 129 Å². The summed E-state index contributed by atoms with van der Waals surface area (Å²) in [5.41, 5.74) is 1.25. The van der Waals surface area contributed by atoms with Crippen molar-refractivity contribution < 1.29 is 21.2 Å². The molecule has 7 aromatic carbocycles. The summed E-state index contributed by atoms with van der Waals surface area (Å²) in [6, 6.07) is 46.8. The zero-order valence-electron chi connectivity index (χ0n) is 39.8. The van der Waals surface area contributed by atoms with Crippen LogP contribution in [0.25, 0.3) is 66.5 Å². The Morgan fingerprint density at radius 2 is 1.23 bits per heavy atom. The third-order valence-corrected chi connectivity index (χ3v) is 10.3. The van der Waals surface area contributed by atoms with Crippen LogP contribution in [-0.2, 0) is 5.41 Å². The lowest BCUT2D eigenvalue weighted by molar-refractivity contribution is 0.419. The molecule has 0 amide bonds. The Morgan fingerprint density at radius 1 is 0.558 bits per heavy atom. The molecule has 10 rings (SSSR count). The monoisotopic (exact) mass is 682 g/mol. The summed E-state index contributed by atoms with van der Waals surface area (Å²) < 4.78 is 117. The van der Waals surface area contributed by atoms with Gasteiger partial charge in [-0.05, 0) is 84.0 Å². The van der Waals surface area contributed by atoms with Gasteiger partial charge in [-0.15, -0.1) is 0 Å². The molecule has 0 aliphatic carbocycles. The van der Waals surface area contributed by atoms with Crippen LogP contribution in [-0.4, -0.2) is 9.13 Å². The van der Waals surface area contributed by atoms with Crippen molar-refractivity contribution in [2.75, 3.05) is 0 Å². The van der Waals surface area contributed by atoms with E-state index < -0.39 is 32.8 Å². The largest absolute Gasteiger partial charge is 0.456 e. The third-order valence-electron chi connectivity index (χ3n) is 10.3. The van der Waals surface area contributed by atoms with Gasteiger partial charge in [-0.2, -0.15) is 0 Å². The number of para-hydroxylation sites is 5. The summed E-state index contributed by atoms with van der Waals surface area (Å²) in [6.45, 7) is -12.2. The van der Waals surface area contributed by atoms with Crippen molar-refractivity contribution in [1.29, 1.82) is 0 Å². The predicted octanol–water partition coefficient (Wildman–Crippen LogP) is 13.1. The first-order chi connectivity index (χ1) is 30.3. The molecule has 1 aliphatic heterocycles. The Kier molecular flexibility index (Phi) is 4.48. The molecule has 0 bridgehead atoms. The van der Waals surface area contributed by atoms with Gasteiger partial charge in [0.2, 0.25) is 0 Å². The fourth-order valence-electron chi connectivity index (χ4n) is 7.99. The first-order valence-corrected chi connectivity index (χ1v) is 17.1. The second-order valence-electron chi connectivity index (χ2n) is 13.2. The normalized spacial score (nSPS) is 17.7. The Hall–Kier alpha value is -6.32. The number of rotatable bonds is 4. The van der Waals surface area contributed by atoms with E-state index in [2.05, 4.69) is 27.3 Å². The van der Waals surface area contributed by atoms with Crippen molar-refractivity contribution in [2.45, 2.75) is 32.8 Å². The van der Waals surface area contributed by atoms with Crippen molar-refractivity contribution >= 4 is 32.8 Å². The second kappa shape index (κ2) is 11.3. The molecule has 3 heteroatoms. The number of nitrogens with zero attached hydrogens (tertiary/aromatic N) is 2. The van der Waals surface area contributed by atoms with Crippen LogP contribution in [0.4, 0.5) is 0 Å². The molecule has 0 unspecified atom stereocenters. The lowest BCUT2D eigenvalue weighted by Crippen LogP contribution is -2.24. The maximum absolute atomic E-state index is 9.10. The minimum absolute atomic E-state index is 0.0531. The van der Waals surface area contributed by atoms with Crippen LogP contribution in [0, 0.1) is 13.7 Å². The highest BCUT2D eigenvalue weighted by Gasteiger charge is 2.35. The van der Waals surface area contributed by atoms with Crippen molar-refractivity contribution in [3.63, 3.8) is 0 Å². The second-order valence-corrected chi connectivity index (χ2v) is 13.2. The maximum atomic E-state index is 9.10. The quantitative estimate of drug-likeness (QED) is 0.181. The molecule has 0 saturated heterocycles. The molecule has 52 heavy (non-hydrogen) atoms. The number of hydrogen-bond acceptors (Lipinski definition) is 1. The van der Waals surface area contributed by atoms with Crippen LogP contribution in [0.15, 0.2) is 158 Å². The van der Waals surface area contributed by atoms with Gasteiger partial charge in [0.25, 0.3) is 0 Å². The van der Waals surface area contributed by atoms with E-state index in [9.17, 15) is 0 Å². The van der Waals surface area contributed by atoms with Crippen LogP contribution >= 0.6 is 0 Å². The van der Waals surface area contributed by atoms with Crippen molar-refractivity contribution in [3.8, 4) is 45.1 Å². The highest BCUT2D eigenvalue weighted by atomic mass is 16.5.